The molecule has 0 saturated heterocycles. The van der Waals surface area contributed by atoms with Gasteiger partial charge in [-0.3, -0.25) is 0 Å². The third-order valence-electron chi connectivity index (χ3n) is 6.20. The summed E-state index contributed by atoms with van der Waals surface area (Å²) in [6, 6.07) is 13.1. The number of hydrogen-bond acceptors (Lipinski definition) is 3. The normalized spacial score (nSPS) is 17.6. The van der Waals surface area contributed by atoms with Crippen LogP contribution in [0.4, 0.5) is 16.2 Å². The number of fused-ring (bicyclic) bond motifs is 1. The fourth-order valence-corrected chi connectivity index (χ4v) is 4.48. The lowest BCUT2D eigenvalue weighted by atomic mass is 9.73. The van der Waals surface area contributed by atoms with Crippen LogP contribution in [-0.4, -0.2) is 18.6 Å². The van der Waals surface area contributed by atoms with Crippen molar-refractivity contribution in [3.8, 4) is 6.07 Å². The number of rotatable bonds is 7. The van der Waals surface area contributed by atoms with Crippen molar-refractivity contribution in [3.63, 3.8) is 0 Å². The Kier molecular flexibility index (Phi) is 7.92. The predicted octanol–water partition coefficient (Wildman–Crippen LogP) is 7.17. The molecule has 1 aliphatic rings. The molecule has 1 heterocycles. The maximum Gasteiger partial charge on any atom is 0.319 e. The van der Waals surface area contributed by atoms with E-state index in [1.54, 1.807) is 18.2 Å². The van der Waals surface area contributed by atoms with E-state index >= 15 is 0 Å². The van der Waals surface area contributed by atoms with Crippen molar-refractivity contribution in [2.24, 2.45) is 5.41 Å². The van der Waals surface area contributed by atoms with Crippen molar-refractivity contribution in [2.75, 3.05) is 17.2 Å². The fourth-order valence-electron chi connectivity index (χ4n) is 4.18. The molecule has 3 N–H and O–H groups in total. The first-order valence-electron chi connectivity index (χ1n) is 11.0. The van der Waals surface area contributed by atoms with Gasteiger partial charge in [-0.2, -0.15) is 5.26 Å². The summed E-state index contributed by atoms with van der Waals surface area (Å²) in [5, 5.41) is 19.6. The Balaban J connectivity index is 1.67. The van der Waals surface area contributed by atoms with Crippen molar-refractivity contribution in [1.82, 2.24) is 5.32 Å². The maximum absolute atomic E-state index is 12.5. The lowest BCUT2D eigenvalue weighted by molar-refractivity contribution is 0.232. The summed E-state index contributed by atoms with van der Waals surface area (Å²) in [4.78, 5) is 12.5. The molecular formula is C25H30Cl2N4O. The van der Waals surface area contributed by atoms with Crippen LogP contribution >= 0.6 is 23.2 Å². The Morgan fingerprint density at radius 3 is 2.69 bits per heavy atom. The molecule has 7 heteroatoms. The third-order valence-corrected chi connectivity index (χ3v) is 6.94. The monoisotopic (exact) mass is 472 g/mol. The van der Waals surface area contributed by atoms with E-state index in [1.807, 2.05) is 18.2 Å². The van der Waals surface area contributed by atoms with Crippen LogP contribution in [0.1, 0.15) is 63.5 Å². The number of carbonyl (C=O) groups is 1. The fraction of sp³-hybridized carbons (Fsp3) is 0.440. The van der Waals surface area contributed by atoms with E-state index in [-0.39, 0.29) is 17.5 Å². The van der Waals surface area contributed by atoms with Crippen molar-refractivity contribution >= 4 is 40.6 Å². The minimum absolute atomic E-state index is 0.189. The molecule has 1 aliphatic heterocycles. The lowest BCUT2D eigenvalue weighted by Crippen LogP contribution is -2.47. The molecule has 0 saturated carbocycles. The molecule has 0 fully saturated rings. The van der Waals surface area contributed by atoms with Gasteiger partial charge in [0, 0.05) is 29.4 Å². The van der Waals surface area contributed by atoms with Crippen LogP contribution in [-0.2, 0) is 0 Å². The Hall–Kier alpha value is -2.42. The van der Waals surface area contributed by atoms with E-state index in [9.17, 15) is 10.1 Å². The van der Waals surface area contributed by atoms with E-state index in [0.717, 1.165) is 31.4 Å². The first kappa shape index (κ1) is 24.2. The van der Waals surface area contributed by atoms with Gasteiger partial charge in [0.15, 0.2) is 0 Å². The molecule has 2 unspecified atom stereocenters. The van der Waals surface area contributed by atoms with E-state index in [1.165, 1.54) is 5.56 Å². The summed E-state index contributed by atoms with van der Waals surface area (Å²) in [7, 11) is 0. The zero-order chi connectivity index (χ0) is 23.3. The average molecular weight is 473 g/mol. The molecule has 32 heavy (non-hydrogen) atoms. The van der Waals surface area contributed by atoms with Gasteiger partial charge in [0.05, 0.1) is 21.7 Å². The molecule has 0 radical (unpaired) electrons. The van der Waals surface area contributed by atoms with Crippen LogP contribution in [0.2, 0.25) is 10.0 Å². The highest BCUT2D eigenvalue weighted by Gasteiger charge is 2.36. The maximum atomic E-state index is 12.5. The molecule has 170 valence electrons. The highest BCUT2D eigenvalue weighted by molar-refractivity contribution is 6.42. The van der Waals surface area contributed by atoms with Crippen LogP contribution in [0, 0.1) is 16.7 Å². The number of benzene rings is 2. The van der Waals surface area contributed by atoms with Gasteiger partial charge in [-0.1, -0.05) is 56.8 Å². The second-order valence-electron chi connectivity index (χ2n) is 9.11. The number of nitrogens with one attached hydrogen (secondary N) is 3. The number of urea groups is 1. The van der Waals surface area contributed by atoms with Crippen molar-refractivity contribution in [1.29, 1.82) is 5.26 Å². The van der Waals surface area contributed by atoms with Gasteiger partial charge >= 0.3 is 6.03 Å². The zero-order valence-corrected chi connectivity index (χ0v) is 20.3. The highest BCUT2D eigenvalue weighted by atomic mass is 35.5. The van der Waals surface area contributed by atoms with Crippen LogP contribution in [0.5, 0.6) is 0 Å². The Morgan fingerprint density at radius 1 is 1.22 bits per heavy atom. The highest BCUT2D eigenvalue weighted by Crippen LogP contribution is 2.42. The molecule has 5 nitrogen and oxygen atoms in total. The van der Waals surface area contributed by atoms with Crippen molar-refractivity contribution < 1.29 is 4.79 Å². The molecule has 2 aromatic rings. The van der Waals surface area contributed by atoms with E-state index in [4.69, 9.17) is 23.2 Å². The minimum atomic E-state index is -0.283. The Bertz CT molecular complexity index is 1020. The van der Waals surface area contributed by atoms with Crippen LogP contribution in [0.3, 0.4) is 0 Å². The summed E-state index contributed by atoms with van der Waals surface area (Å²) in [5.41, 5.74) is 3.42. The molecule has 0 bridgehead atoms. The topological polar surface area (TPSA) is 77.0 Å². The van der Waals surface area contributed by atoms with Gasteiger partial charge in [0.25, 0.3) is 0 Å². The zero-order valence-electron chi connectivity index (χ0n) is 18.8. The summed E-state index contributed by atoms with van der Waals surface area (Å²) < 4.78 is 0. The second-order valence-corrected chi connectivity index (χ2v) is 9.93. The third kappa shape index (κ3) is 5.88. The van der Waals surface area contributed by atoms with Crippen LogP contribution in [0.15, 0.2) is 36.4 Å². The van der Waals surface area contributed by atoms with Gasteiger partial charge in [-0.25, -0.2) is 4.79 Å². The number of halogens is 2. The van der Waals surface area contributed by atoms with Gasteiger partial charge in [-0.05, 0) is 60.7 Å². The minimum Gasteiger partial charge on any atom is -0.381 e. The Labute approximate surface area is 200 Å². The number of amides is 2. The number of carbonyl (C=O) groups excluding carboxylic acids is 1. The first-order valence-corrected chi connectivity index (χ1v) is 11.8. The summed E-state index contributed by atoms with van der Waals surface area (Å²) in [5.74, 6) is 0.397. The molecule has 2 aromatic carbocycles. The molecule has 0 aromatic heterocycles. The number of unbranched alkanes of at least 4 members (excludes halogenated alkanes) is 1. The summed E-state index contributed by atoms with van der Waals surface area (Å²) >= 11 is 12.0. The van der Waals surface area contributed by atoms with E-state index in [2.05, 4.69) is 42.8 Å². The predicted molar refractivity (Wildman–Crippen MR) is 133 cm³/mol. The molecule has 2 amide bonds. The number of nitrogens with zero attached hydrogens (tertiary/aromatic N) is 1. The largest absolute Gasteiger partial charge is 0.381 e. The quantitative estimate of drug-likeness (QED) is 0.399. The number of anilines is 2. The average Bonchev–Trinajstić information content (AvgIpc) is 2.78. The van der Waals surface area contributed by atoms with E-state index < -0.39 is 0 Å². The van der Waals surface area contributed by atoms with Crippen molar-refractivity contribution in [2.45, 2.75) is 58.4 Å². The smallest absolute Gasteiger partial charge is 0.319 e. The van der Waals surface area contributed by atoms with Gasteiger partial charge in [0.2, 0.25) is 0 Å². The van der Waals surface area contributed by atoms with Gasteiger partial charge in [-0.15, -0.1) is 0 Å². The van der Waals surface area contributed by atoms with E-state index in [0.29, 0.717) is 33.8 Å². The summed E-state index contributed by atoms with van der Waals surface area (Å²) in [6.45, 7) is 7.03. The van der Waals surface area contributed by atoms with Crippen LogP contribution < -0.4 is 16.0 Å². The molecule has 0 aliphatic carbocycles. The number of nitriles is 1. The summed E-state index contributed by atoms with van der Waals surface area (Å²) in [6.07, 6.45) is 4.35. The Morgan fingerprint density at radius 2 is 2.00 bits per heavy atom. The standard InChI is InChI=1S/C25H30Cl2N4O/c1-4-5-6-17-12-23(31-22-10-7-16(14-28)11-19(17)22)25(2,3)15-29-24(32)30-18-8-9-20(26)21(27)13-18/h7-11,13,17,23,31H,4-6,12,15H2,1-3H3,(H2,29,30,32). The molecular weight excluding hydrogens is 443 g/mol. The van der Waals surface area contributed by atoms with Gasteiger partial charge in [0.1, 0.15) is 0 Å². The second kappa shape index (κ2) is 10.5. The molecule has 2 atom stereocenters. The van der Waals surface area contributed by atoms with Gasteiger partial charge < -0.3 is 16.0 Å². The first-order chi connectivity index (χ1) is 15.2. The molecule has 0 spiro atoms. The SMILES string of the molecule is CCCCC1CC(C(C)(C)CNC(=O)Nc2ccc(Cl)c(Cl)c2)Nc2ccc(C#N)cc21. The number of hydrogen-bond donors (Lipinski definition) is 3. The molecule has 3 rings (SSSR count). The van der Waals surface area contributed by atoms with Crippen molar-refractivity contribution in [3.05, 3.63) is 57.6 Å². The van der Waals surface area contributed by atoms with Crippen LogP contribution in [0.25, 0.3) is 0 Å². The lowest BCUT2D eigenvalue weighted by Gasteiger charge is -2.42.